The molecule has 0 saturated heterocycles. The molecule has 0 unspecified atom stereocenters. The summed E-state index contributed by atoms with van der Waals surface area (Å²) in [6.45, 7) is 0.753. The number of nitrogens with two attached hydrogens (primary N) is 1. The fraction of sp³-hybridized carbons (Fsp3) is 0.333. The largest absolute Gasteiger partial charge is 0.493 e. The van der Waals surface area contributed by atoms with E-state index in [0.717, 1.165) is 11.1 Å². The standard InChI is InChI=1S/C18H16F2N2O3/c19-18(20)4-6-25-15-2-1-10(7-14(15)18)12-8-22-16(17(21)23)11-3-5-24-9-13(11)12/h1-2,7-8H,3-6,9H2,(H2,21,23). The van der Waals surface area contributed by atoms with Crippen LogP contribution in [0.1, 0.15) is 33.6 Å². The molecule has 25 heavy (non-hydrogen) atoms. The molecule has 1 amide bonds. The molecule has 2 aliphatic heterocycles. The molecule has 0 spiro atoms. The topological polar surface area (TPSA) is 74.4 Å². The number of hydrogen-bond acceptors (Lipinski definition) is 4. The average Bonchev–Trinajstić information content (AvgIpc) is 2.60. The molecule has 1 aromatic heterocycles. The Morgan fingerprint density at radius 2 is 2.08 bits per heavy atom. The van der Waals surface area contributed by atoms with Crippen LogP contribution < -0.4 is 10.5 Å². The third kappa shape index (κ3) is 2.64. The highest BCUT2D eigenvalue weighted by Gasteiger charge is 2.38. The van der Waals surface area contributed by atoms with Crippen LogP contribution in [0.4, 0.5) is 8.78 Å². The third-order valence-electron chi connectivity index (χ3n) is 4.63. The molecule has 130 valence electrons. The van der Waals surface area contributed by atoms with Crippen molar-refractivity contribution in [2.24, 2.45) is 5.73 Å². The Bertz CT molecular complexity index is 868. The molecule has 0 saturated carbocycles. The van der Waals surface area contributed by atoms with Crippen molar-refractivity contribution in [3.05, 3.63) is 46.8 Å². The molecule has 5 nitrogen and oxygen atoms in total. The monoisotopic (exact) mass is 346 g/mol. The number of fused-ring (bicyclic) bond motifs is 2. The van der Waals surface area contributed by atoms with E-state index in [9.17, 15) is 13.6 Å². The van der Waals surface area contributed by atoms with Crippen molar-refractivity contribution in [3.63, 3.8) is 0 Å². The van der Waals surface area contributed by atoms with Crippen LogP contribution in [-0.2, 0) is 23.7 Å². The number of amides is 1. The number of nitrogens with zero attached hydrogens (tertiary/aromatic N) is 1. The fourth-order valence-electron chi connectivity index (χ4n) is 3.37. The van der Waals surface area contributed by atoms with Gasteiger partial charge in [-0.05, 0) is 35.2 Å². The molecule has 4 rings (SSSR count). The number of pyridine rings is 1. The van der Waals surface area contributed by atoms with E-state index in [1.54, 1.807) is 12.1 Å². The Balaban J connectivity index is 1.87. The molecular weight excluding hydrogens is 330 g/mol. The van der Waals surface area contributed by atoms with Gasteiger partial charge in [0.1, 0.15) is 11.4 Å². The van der Waals surface area contributed by atoms with Crippen molar-refractivity contribution in [3.8, 4) is 16.9 Å². The maximum Gasteiger partial charge on any atom is 0.280 e. The highest BCUT2D eigenvalue weighted by Crippen LogP contribution is 2.43. The van der Waals surface area contributed by atoms with Gasteiger partial charge in [0.05, 0.1) is 31.8 Å². The van der Waals surface area contributed by atoms with Gasteiger partial charge in [0.15, 0.2) is 0 Å². The lowest BCUT2D eigenvalue weighted by Gasteiger charge is -2.27. The van der Waals surface area contributed by atoms with Gasteiger partial charge >= 0.3 is 0 Å². The number of primary amides is 1. The van der Waals surface area contributed by atoms with Gasteiger partial charge in [0, 0.05) is 11.8 Å². The summed E-state index contributed by atoms with van der Waals surface area (Å²) < 4.78 is 39.3. The summed E-state index contributed by atoms with van der Waals surface area (Å²) in [5, 5.41) is 0. The van der Waals surface area contributed by atoms with Gasteiger partial charge in [-0.2, -0.15) is 0 Å². The van der Waals surface area contributed by atoms with Crippen molar-refractivity contribution in [2.75, 3.05) is 13.2 Å². The summed E-state index contributed by atoms with van der Waals surface area (Å²) in [5.41, 5.74) is 8.26. The molecule has 0 radical (unpaired) electrons. The van der Waals surface area contributed by atoms with E-state index in [1.165, 1.54) is 12.3 Å². The second-order valence-electron chi connectivity index (χ2n) is 6.16. The number of ether oxygens (including phenoxy) is 2. The minimum absolute atomic E-state index is 0.00253. The Kier molecular flexibility index (Phi) is 3.68. The van der Waals surface area contributed by atoms with E-state index in [4.69, 9.17) is 15.2 Å². The van der Waals surface area contributed by atoms with Crippen LogP contribution in [0.15, 0.2) is 24.4 Å². The minimum atomic E-state index is -2.93. The first kappa shape index (κ1) is 16.0. The van der Waals surface area contributed by atoms with Crippen molar-refractivity contribution in [1.82, 2.24) is 4.98 Å². The van der Waals surface area contributed by atoms with Crippen LogP contribution in [0, 0.1) is 0 Å². The lowest BCUT2D eigenvalue weighted by molar-refractivity contribution is -0.0404. The molecule has 3 heterocycles. The second-order valence-corrected chi connectivity index (χ2v) is 6.16. The predicted molar refractivity (Wildman–Crippen MR) is 85.6 cm³/mol. The number of carbonyl (C=O) groups is 1. The first-order valence-electron chi connectivity index (χ1n) is 8.01. The third-order valence-corrected chi connectivity index (χ3v) is 4.63. The molecule has 0 aliphatic carbocycles. The highest BCUT2D eigenvalue weighted by molar-refractivity contribution is 5.93. The van der Waals surface area contributed by atoms with Crippen LogP contribution in [-0.4, -0.2) is 24.1 Å². The number of carbonyl (C=O) groups excluding carboxylic acids is 1. The minimum Gasteiger partial charge on any atom is -0.493 e. The maximum absolute atomic E-state index is 14.2. The van der Waals surface area contributed by atoms with Crippen molar-refractivity contribution < 1.29 is 23.0 Å². The van der Waals surface area contributed by atoms with E-state index >= 15 is 0 Å². The van der Waals surface area contributed by atoms with Crippen LogP contribution in [0.3, 0.4) is 0 Å². The number of halogens is 2. The summed E-state index contributed by atoms with van der Waals surface area (Å²) in [5.74, 6) is -3.33. The quantitative estimate of drug-likeness (QED) is 0.907. The number of aromatic nitrogens is 1. The van der Waals surface area contributed by atoms with Crippen LogP contribution >= 0.6 is 0 Å². The highest BCUT2D eigenvalue weighted by atomic mass is 19.3. The van der Waals surface area contributed by atoms with E-state index < -0.39 is 11.8 Å². The van der Waals surface area contributed by atoms with Crippen molar-refractivity contribution in [1.29, 1.82) is 0 Å². The van der Waals surface area contributed by atoms with Gasteiger partial charge in [0.2, 0.25) is 0 Å². The summed E-state index contributed by atoms with van der Waals surface area (Å²) in [6, 6.07) is 4.70. The van der Waals surface area contributed by atoms with E-state index in [2.05, 4.69) is 4.98 Å². The molecule has 1 aromatic carbocycles. The van der Waals surface area contributed by atoms with Crippen LogP contribution in [0.5, 0.6) is 5.75 Å². The zero-order chi connectivity index (χ0) is 17.6. The second kappa shape index (κ2) is 5.77. The van der Waals surface area contributed by atoms with Gasteiger partial charge in [-0.1, -0.05) is 6.07 Å². The van der Waals surface area contributed by atoms with E-state index in [1.807, 2.05) is 0 Å². The fourth-order valence-corrected chi connectivity index (χ4v) is 3.37. The molecule has 0 fully saturated rings. The molecular formula is C18H16F2N2O3. The smallest absolute Gasteiger partial charge is 0.280 e. The van der Waals surface area contributed by atoms with Gasteiger partial charge in [-0.3, -0.25) is 9.78 Å². The Hall–Kier alpha value is -2.54. The number of benzene rings is 1. The Labute approximate surface area is 142 Å². The van der Waals surface area contributed by atoms with Crippen molar-refractivity contribution >= 4 is 5.91 Å². The van der Waals surface area contributed by atoms with Crippen LogP contribution in [0.2, 0.25) is 0 Å². The molecule has 0 atom stereocenters. The van der Waals surface area contributed by atoms with Gasteiger partial charge in [0.25, 0.3) is 11.8 Å². The summed E-state index contributed by atoms with van der Waals surface area (Å²) >= 11 is 0. The SMILES string of the molecule is NC(=O)c1ncc(-c2ccc3c(c2)C(F)(F)CCO3)c2c1CCOC2. The summed E-state index contributed by atoms with van der Waals surface area (Å²) in [7, 11) is 0. The Morgan fingerprint density at radius 3 is 2.88 bits per heavy atom. The molecule has 2 aliphatic rings. The van der Waals surface area contributed by atoms with Crippen molar-refractivity contribution in [2.45, 2.75) is 25.4 Å². The maximum atomic E-state index is 14.2. The summed E-state index contributed by atoms with van der Waals surface area (Å²) in [6.07, 6.45) is 1.67. The molecule has 0 bridgehead atoms. The zero-order valence-corrected chi connectivity index (χ0v) is 13.4. The van der Waals surface area contributed by atoms with Crippen LogP contribution in [0.25, 0.3) is 11.1 Å². The zero-order valence-electron chi connectivity index (χ0n) is 13.4. The first-order valence-corrected chi connectivity index (χ1v) is 8.01. The summed E-state index contributed by atoms with van der Waals surface area (Å²) in [4.78, 5) is 15.8. The van der Waals surface area contributed by atoms with Gasteiger partial charge < -0.3 is 15.2 Å². The molecule has 2 N–H and O–H groups in total. The first-order chi connectivity index (χ1) is 12.0. The predicted octanol–water partition coefficient (Wildman–Crippen LogP) is 2.79. The average molecular weight is 346 g/mol. The van der Waals surface area contributed by atoms with E-state index in [0.29, 0.717) is 24.2 Å². The number of alkyl halides is 2. The lowest BCUT2D eigenvalue weighted by Crippen LogP contribution is -2.24. The lowest BCUT2D eigenvalue weighted by atomic mass is 9.91. The molecule has 7 heteroatoms. The Morgan fingerprint density at radius 1 is 1.24 bits per heavy atom. The molecule has 2 aromatic rings. The normalized spacial score (nSPS) is 18.0. The number of hydrogen-bond donors (Lipinski definition) is 1. The van der Waals surface area contributed by atoms with Gasteiger partial charge in [-0.25, -0.2) is 8.78 Å². The number of rotatable bonds is 2. The van der Waals surface area contributed by atoms with E-state index in [-0.39, 0.29) is 36.6 Å². The van der Waals surface area contributed by atoms with Gasteiger partial charge in [-0.15, -0.1) is 0 Å².